The van der Waals surface area contributed by atoms with Crippen molar-refractivity contribution in [3.05, 3.63) is 40.8 Å². The number of hydrogen-bond acceptors (Lipinski definition) is 7. The van der Waals surface area contributed by atoms with Gasteiger partial charge in [-0.1, -0.05) is 6.42 Å². The molecular formula is C20H21FN4O3S. The van der Waals surface area contributed by atoms with Crippen LogP contribution in [-0.2, 0) is 0 Å². The van der Waals surface area contributed by atoms with E-state index in [0.29, 0.717) is 50.8 Å². The van der Waals surface area contributed by atoms with Crippen LogP contribution >= 0.6 is 11.3 Å². The maximum absolute atomic E-state index is 13.9. The Labute approximate surface area is 170 Å². The summed E-state index contributed by atoms with van der Waals surface area (Å²) in [5.74, 6) is -0.192. The monoisotopic (exact) mass is 416 g/mol. The minimum Gasteiger partial charge on any atom is -0.485 e. The van der Waals surface area contributed by atoms with E-state index in [4.69, 9.17) is 10.5 Å². The van der Waals surface area contributed by atoms with E-state index in [2.05, 4.69) is 15.3 Å². The van der Waals surface area contributed by atoms with Crippen LogP contribution in [0.5, 0.6) is 5.75 Å². The molecule has 3 aromatic rings. The summed E-state index contributed by atoms with van der Waals surface area (Å²) < 4.78 is 19.9. The molecule has 2 atom stereocenters. The highest BCUT2D eigenvalue weighted by molar-refractivity contribution is 7.20. The van der Waals surface area contributed by atoms with Crippen molar-refractivity contribution in [2.45, 2.75) is 44.8 Å². The Morgan fingerprint density at radius 2 is 2.14 bits per heavy atom. The number of anilines is 2. The average Bonchev–Trinajstić information content (AvgIpc) is 3.04. The van der Waals surface area contributed by atoms with Gasteiger partial charge in [0.25, 0.3) is 5.91 Å². The van der Waals surface area contributed by atoms with Gasteiger partial charge in [0.2, 0.25) is 0 Å². The molecule has 7 nitrogen and oxygen atoms in total. The third-order valence-electron chi connectivity index (χ3n) is 5.09. The van der Waals surface area contributed by atoms with E-state index >= 15 is 0 Å². The summed E-state index contributed by atoms with van der Waals surface area (Å²) in [6.45, 7) is 1.79. The lowest BCUT2D eigenvalue weighted by molar-refractivity contribution is 0.00712. The van der Waals surface area contributed by atoms with Gasteiger partial charge in [0.1, 0.15) is 34.6 Å². The summed E-state index contributed by atoms with van der Waals surface area (Å²) in [6.07, 6.45) is 3.70. The van der Waals surface area contributed by atoms with Gasteiger partial charge < -0.3 is 20.9 Å². The van der Waals surface area contributed by atoms with Crippen LogP contribution in [0.4, 0.5) is 15.9 Å². The Bertz CT molecular complexity index is 1070. The fourth-order valence-electron chi connectivity index (χ4n) is 3.60. The van der Waals surface area contributed by atoms with Crippen LogP contribution in [0.15, 0.2) is 24.5 Å². The van der Waals surface area contributed by atoms with Crippen LogP contribution in [0, 0.1) is 12.7 Å². The average molecular weight is 416 g/mol. The number of nitrogens with one attached hydrogen (secondary N) is 1. The first kappa shape index (κ1) is 19.5. The number of aliphatic hydroxyl groups excluding tert-OH is 1. The molecule has 9 heteroatoms. The van der Waals surface area contributed by atoms with Crippen molar-refractivity contribution in [1.29, 1.82) is 0 Å². The Morgan fingerprint density at radius 3 is 2.90 bits per heavy atom. The van der Waals surface area contributed by atoms with Crippen LogP contribution in [0.25, 0.3) is 10.2 Å². The second-order valence-electron chi connectivity index (χ2n) is 7.10. The Kier molecular flexibility index (Phi) is 5.33. The SMILES string of the molecule is Cc1c(C(N)=O)sc2ncnc(Nc3ccc(F)cc3OC3CCCCC3O)c12. The van der Waals surface area contributed by atoms with E-state index < -0.39 is 17.8 Å². The highest BCUT2D eigenvalue weighted by atomic mass is 32.1. The molecular weight excluding hydrogens is 395 g/mol. The van der Waals surface area contributed by atoms with Crippen LogP contribution in [0.2, 0.25) is 0 Å². The minimum atomic E-state index is -0.581. The zero-order valence-electron chi connectivity index (χ0n) is 15.8. The van der Waals surface area contributed by atoms with Crippen LogP contribution in [-0.4, -0.2) is 33.2 Å². The summed E-state index contributed by atoms with van der Waals surface area (Å²) in [7, 11) is 0. The molecule has 1 fully saturated rings. The van der Waals surface area contributed by atoms with E-state index in [1.807, 2.05) is 0 Å². The first-order valence-corrected chi connectivity index (χ1v) is 10.2. The molecule has 29 heavy (non-hydrogen) atoms. The predicted octanol–water partition coefficient (Wildman–Crippen LogP) is 3.66. The van der Waals surface area contributed by atoms with Gasteiger partial charge in [-0.2, -0.15) is 0 Å². The number of ether oxygens (including phenoxy) is 1. The lowest BCUT2D eigenvalue weighted by Gasteiger charge is -2.29. The van der Waals surface area contributed by atoms with Crippen molar-refractivity contribution in [2.75, 3.05) is 5.32 Å². The number of halogens is 1. The zero-order chi connectivity index (χ0) is 20.5. The van der Waals surface area contributed by atoms with Crippen LogP contribution in [0.1, 0.15) is 40.9 Å². The molecule has 0 radical (unpaired) electrons. The van der Waals surface area contributed by atoms with E-state index in [9.17, 15) is 14.3 Å². The largest absolute Gasteiger partial charge is 0.485 e. The molecule has 152 valence electrons. The summed E-state index contributed by atoms with van der Waals surface area (Å²) >= 11 is 1.20. The number of amides is 1. The lowest BCUT2D eigenvalue weighted by Crippen LogP contribution is -2.34. The number of thiophene rings is 1. The topological polar surface area (TPSA) is 110 Å². The molecule has 2 aromatic heterocycles. The molecule has 4 rings (SSSR count). The summed E-state index contributed by atoms with van der Waals surface area (Å²) in [6, 6.07) is 4.17. The molecule has 0 bridgehead atoms. The van der Waals surface area contributed by atoms with Gasteiger partial charge in [-0.3, -0.25) is 4.79 Å². The zero-order valence-corrected chi connectivity index (χ0v) is 16.6. The smallest absolute Gasteiger partial charge is 0.259 e. The first-order valence-electron chi connectivity index (χ1n) is 9.39. The molecule has 0 aliphatic heterocycles. The molecule has 1 amide bonds. The number of carbonyl (C=O) groups excluding carboxylic acids is 1. The molecule has 1 aliphatic rings. The van der Waals surface area contributed by atoms with Crippen LogP contribution < -0.4 is 15.8 Å². The van der Waals surface area contributed by atoms with Crippen molar-refractivity contribution in [3.8, 4) is 5.75 Å². The number of aliphatic hydroxyl groups is 1. The highest BCUT2D eigenvalue weighted by Crippen LogP contribution is 2.37. The van der Waals surface area contributed by atoms with Crippen molar-refractivity contribution >= 4 is 39.0 Å². The maximum atomic E-state index is 13.9. The number of benzene rings is 1. The molecule has 1 aromatic carbocycles. The predicted molar refractivity (Wildman–Crippen MR) is 109 cm³/mol. The number of aryl methyl sites for hydroxylation is 1. The molecule has 4 N–H and O–H groups in total. The fraction of sp³-hybridized carbons (Fsp3) is 0.350. The van der Waals surface area contributed by atoms with E-state index in [1.54, 1.807) is 13.0 Å². The first-order chi connectivity index (χ1) is 13.9. The quantitative estimate of drug-likeness (QED) is 0.585. The maximum Gasteiger partial charge on any atom is 0.259 e. The van der Waals surface area contributed by atoms with Crippen molar-refractivity contribution < 1.29 is 19.0 Å². The van der Waals surface area contributed by atoms with E-state index in [0.717, 1.165) is 12.8 Å². The Hall–Kier alpha value is -2.78. The highest BCUT2D eigenvalue weighted by Gasteiger charge is 2.26. The molecule has 0 spiro atoms. The van der Waals surface area contributed by atoms with Crippen molar-refractivity contribution in [2.24, 2.45) is 5.73 Å². The fourth-order valence-corrected chi connectivity index (χ4v) is 4.60. The minimum absolute atomic E-state index is 0.297. The van der Waals surface area contributed by atoms with Gasteiger partial charge in [0, 0.05) is 6.07 Å². The van der Waals surface area contributed by atoms with Gasteiger partial charge in [-0.25, -0.2) is 14.4 Å². The lowest BCUT2D eigenvalue weighted by atomic mass is 9.95. The third-order valence-corrected chi connectivity index (χ3v) is 6.31. The van der Waals surface area contributed by atoms with Gasteiger partial charge in [-0.05, 0) is 43.9 Å². The standard InChI is InChI=1S/C20H21FN4O3S/c1-10-16-19(23-9-24-20(16)29-17(10)18(22)27)25-12-7-6-11(21)8-15(12)28-14-5-3-2-4-13(14)26/h6-9,13-14,26H,2-5H2,1H3,(H2,22,27)(H,23,24,25). The summed E-state index contributed by atoms with van der Waals surface area (Å²) in [5.41, 5.74) is 6.65. The molecule has 0 saturated heterocycles. The number of carbonyl (C=O) groups is 1. The Balaban J connectivity index is 1.70. The number of nitrogens with zero attached hydrogens (tertiary/aromatic N) is 2. The second kappa shape index (κ2) is 7.92. The number of fused-ring (bicyclic) bond motifs is 1. The molecule has 1 saturated carbocycles. The number of primary amides is 1. The van der Waals surface area contributed by atoms with Gasteiger partial charge in [0.15, 0.2) is 0 Å². The summed E-state index contributed by atoms with van der Waals surface area (Å²) in [4.78, 5) is 21.2. The van der Waals surface area contributed by atoms with E-state index in [-0.39, 0.29) is 6.10 Å². The number of nitrogens with two attached hydrogens (primary N) is 1. The molecule has 2 unspecified atom stereocenters. The number of aromatic nitrogens is 2. The Morgan fingerprint density at radius 1 is 1.34 bits per heavy atom. The third kappa shape index (κ3) is 3.88. The van der Waals surface area contributed by atoms with Gasteiger partial charge in [0.05, 0.1) is 22.1 Å². The van der Waals surface area contributed by atoms with Crippen LogP contribution in [0.3, 0.4) is 0 Å². The van der Waals surface area contributed by atoms with Crippen molar-refractivity contribution in [1.82, 2.24) is 9.97 Å². The normalized spacial score (nSPS) is 19.3. The number of rotatable bonds is 5. The van der Waals surface area contributed by atoms with Crippen molar-refractivity contribution in [3.63, 3.8) is 0 Å². The van der Waals surface area contributed by atoms with Gasteiger partial charge in [-0.15, -0.1) is 11.3 Å². The molecule has 2 heterocycles. The van der Waals surface area contributed by atoms with E-state index in [1.165, 1.54) is 29.8 Å². The number of hydrogen-bond donors (Lipinski definition) is 3. The molecule has 1 aliphatic carbocycles. The second-order valence-corrected chi connectivity index (χ2v) is 8.10. The summed E-state index contributed by atoms with van der Waals surface area (Å²) in [5, 5.41) is 14.1. The van der Waals surface area contributed by atoms with Gasteiger partial charge >= 0.3 is 0 Å².